The molecule has 2 rings (SSSR count). The van der Waals surface area contributed by atoms with E-state index in [-0.39, 0.29) is 0 Å². The van der Waals surface area contributed by atoms with Crippen molar-refractivity contribution in [1.29, 1.82) is 0 Å². The normalized spacial score (nSPS) is 11.5. The fraction of sp³-hybridized carbons (Fsp3) is 0.800. The van der Waals surface area contributed by atoms with E-state index in [1.54, 1.807) is 0 Å². The van der Waals surface area contributed by atoms with Gasteiger partial charge in [-0.3, -0.25) is 0 Å². The molecule has 2 aromatic rings. The van der Waals surface area contributed by atoms with Gasteiger partial charge in [0.25, 0.3) is 5.82 Å². The maximum absolute atomic E-state index is 2.57. The van der Waals surface area contributed by atoms with Crippen LogP contribution in [-0.4, -0.2) is 4.57 Å². The SMILES string of the molecule is CCCCCCCCCCCCCCCCCCCc1n(-c2ccccc2)cc[n+]1CCCCCCCCCCCCCCCCC. The van der Waals surface area contributed by atoms with Crippen molar-refractivity contribution in [1.82, 2.24) is 4.57 Å². The third kappa shape index (κ3) is 22.6. The van der Waals surface area contributed by atoms with Gasteiger partial charge in [-0.2, -0.15) is 4.57 Å². The first-order valence-corrected chi connectivity index (χ1v) is 21.5. The summed E-state index contributed by atoms with van der Waals surface area (Å²) in [4.78, 5) is 0. The first-order chi connectivity index (χ1) is 23.4. The highest BCUT2D eigenvalue weighted by atomic mass is 15.1. The molecule has 0 atom stereocenters. The van der Waals surface area contributed by atoms with E-state index in [0.717, 1.165) is 0 Å². The zero-order valence-electron chi connectivity index (χ0n) is 32.0. The summed E-state index contributed by atoms with van der Waals surface area (Å²) in [6.45, 7) is 5.79. The highest BCUT2D eigenvalue weighted by Crippen LogP contribution is 2.17. The average molecular weight is 650 g/mol. The summed E-state index contributed by atoms with van der Waals surface area (Å²) in [5, 5.41) is 0. The van der Waals surface area contributed by atoms with Crippen molar-refractivity contribution >= 4 is 0 Å². The maximum atomic E-state index is 2.57. The summed E-state index contributed by atoms with van der Waals surface area (Å²) >= 11 is 0. The molecule has 1 heterocycles. The molecule has 0 radical (unpaired) electrons. The van der Waals surface area contributed by atoms with E-state index >= 15 is 0 Å². The predicted octanol–water partition coefficient (Wildman–Crippen LogP) is 14.8. The molecule has 0 aliphatic rings. The molecule has 0 unspecified atom stereocenters. The van der Waals surface area contributed by atoms with Gasteiger partial charge in [-0.05, 0) is 31.4 Å². The fourth-order valence-corrected chi connectivity index (χ4v) is 7.41. The topological polar surface area (TPSA) is 8.81 Å². The minimum Gasteiger partial charge on any atom is -0.234 e. The average Bonchev–Trinajstić information content (AvgIpc) is 3.50. The summed E-state index contributed by atoms with van der Waals surface area (Å²) in [6, 6.07) is 11.0. The van der Waals surface area contributed by atoms with Crippen LogP contribution in [0.25, 0.3) is 5.69 Å². The lowest BCUT2D eigenvalue weighted by Crippen LogP contribution is -2.37. The highest BCUT2D eigenvalue weighted by molar-refractivity contribution is 5.31. The molecule has 0 spiro atoms. The van der Waals surface area contributed by atoms with Crippen LogP contribution in [0.5, 0.6) is 0 Å². The summed E-state index contributed by atoms with van der Waals surface area (Å²) in [7, 11) is 0. The number of aryl methyl sites for hydroxylation is 1. The number of imidazole rings is 1. The van der Waals surface area contributed by atoms with Crippen LogP contribution in [0.4, 0.5) is 0 Å². The molecule has 0 saturated heterocycles. The Morgan fingerprint density at radius 3 is 1.13 bits per heavy atom. The van der Waals surface area contributed by atoms with Crippen LogP contribution >= 0.6 is 0 Å². The van der Waals surface area contributed by atoms with Crippen LogP contribution < -0.4 is 4.57 Å². The van der Waals surface area contributed by atoms with Crippen molar-refractivity contribution in [3.05, 3.63) is 48.5 Å². The zero-order valence-corrected chi connectivity index (χ0v) is 32.0. The van der Waals surface area contributed by atoms with Crippen molar-refractivity contribution in [2.75, 3.05) is 0 Å². The Bertz CT molecular complexity index is 900. The standard InChI is InChI=1S/C45H81N2/c1-3-5-7-9-11-13-15-17-19-20-21-23-25-27-29-31-36-40-45-46(42-43-47(45)44-38-34-33-35-39-44)41-37-32-30-28-26-24-22-18-16-14-12-10-8-6-4-2/h33-35,38-39,42-43H,3-32,36-37,40-41H2,1-2H3/q+1. The molecule has 0 bridgehead atoms. The van der Waals surface area contributed by atoms with E-state index in [1.807, 2.05) is 0 Å². The van der Waals surface area contributed by atoms with E-state index in [4.69, 9.17) is 0 Å². The summed E-state index contributed by atoms with van der Waals surface area (Å²) < 4.78 is 5.03. The van der Waals surface area contributed by atoms with Gasteiger partial charge in [0.2, 0.25) is 0 Å². The summed E-state index contributed by atoms with van der Waals surface area (Å²) in [5.41, 5.74) is 1.31. The Morgan fingerprint density at radius 2 is 0.745 bits per heavy atom. The lowest BCUT2D eigenvalue weighted by Gasteiger charge is -2.07. The summed E-state index contributed by atoms with van der Waals surface area (Å²) in [5.74, 6) is 1.50. The Morgan fingerprint density at radius 1 is 0.404 bits per heavy atom. The van der Waals surface area contributed by atoms with Gasteiger partial charge >= 0.3 is 0 Å². The molecular formula is C45H81N2+. The van der Waals surface area contributed by atoms with Gasteiger partial charge < -0.3 is 0 Å². The van der Waals surface area contributed by atoms with Crippen LogP contribution in [0.15, 0.2) is 42.7 Å². The number of unbranched alkanes of at least 4 members (excludes halogenated alkanes) is 30. The third-order valence-electron chi connectivity index (χ3n) is 10.5. The smallest absolute Gasteiger partial charge is 0.234 e. The quantitative estimate of drug-likeness (QED) is 0.0519. The molecule has 0 amide bonds. The van der Waals surface area contributed by atoms with Crippen LogP contribution in [0.2, 0.25) is 0 Å². The van der Waals surface area contributed by atoms with E-state index in [1.165, 1.54) is 230 Å². The molecular weight excluding hydrogens is 569 g/mol. The van der Waals surface area contributed by atoms with Crippen LogP contribution in [0, 0.1) is 0 Å². The summed E-state index contributed by atoms with van der Waals surface area (Å²) in [6.07, 6.45) is 51.7. The van der Waals surface area contributed by atoms with Gasteiger partial charge in [-0.25, -0.2) is 4.57 Å². The van der Waals surface area contributed by atoms with E-state index < -0.39 is 0 Å². The minimum atomic E-state index is 1.17. The first-order valence-electron chi connectivity index (χ1n) is 21.5. The number of aromatic nitrogens is 2. The number of rotatable bonds is 35. The predicted molar refractivity (Wildman–Crippen MR) is 209 cm³/mol. The second-order valence-electron chi connectivity index (χ2n) is 15.0. The van der Waals surface area contributed by atoms with Gasteiger partial charge in [0.1, 0.15) is 18.1 Å². The van der Waals surface area contributed by atoms with E-state index in [9.17, 15) is 0 Å². The number of nitrogens with zero attached hydrogens (tertiary/aromatic N) is 2. The number of benzene rings is 1. The molecule has 1 aromatic carbocycles. The minimum absolute atomic E-state index is 1.17. The van der Waals surface area contributed by atoms with Gasteiger partial charge in [-0.15, -0.1) is 0 Å². The lowest BCUT2D eigenvalue weighted by molar-refractivity contribution is -0.704. The maximum Gasteiger partial charge on any atom is 0.261 e. The number of para-hydroxylation sites is 1. The van der Waals surface area contributed by atoms with Gasteiger partial charge in [0, 0.05) is 6.42 Å². The molecule has 2 nitrogen and oxygen atoms in total. The Labute approximate surface area is 294 Å². The van der Waals surface area contributed by atoms with Gasteiger partial charge in [0.15, 0.2) is 0 Å². The second-order valence-corrected chi connectivity index (χ2v) is 15.0. The van der Waals surface area contributed by atoms with Crippen molar-refractivity contribution in [2.24, 2.45) is 0 Å². The van der Waals surface area contributed by atoms with Gasteiger partial charge in [-0.1, -0.05) is 218 Å². The van der Waals surface area contributed by atoms with E-state index in [0.29, 0.717) is 0 Å². The van der Waals surface area contributed by atoms with Crippen molar-refractivity contribution < 1.29 is 4.57 Å². The van der Waals surface area contributed by atoms with Crippen molar-refractivity contribution in [3.8, 4) is 5.69 Å². The molecule has 0 N–H and O–H groups in total. The second kappa shape index (κ2) is 31.7. The Hall–Kier alpha value is -1.57. The Balaban J connectivity index is 1.52. The highest BCUT2D eigenvalue weighted by Gasteiger charge is 2.18. The lowest BCUT2D eigenvalue weighted by atomic mass is 10.0. The third-order valence-corrected chi connectivity index (χ3v) is 10.5. The molecule has 270 valence electrons. The largest absolute Gasteiger partial charge is 0.261 e. The van der Waals surface area contributed by atoms with E-state index in [2.05, 4.69) is 65.7 Å². The Kier molecular flexibility index (Phi) is 28.0. The number of hydrogen-bond donors (Lipinski definition) is 0. The van der Waals surface area contributed by atoms with Gasteiger partial charge in [0.05, 0.1) is 6.54 Å². The molecule has 0 saturated carbocycles. The van der Waals surface area contributed by atoms with Crippen molar-refractivity contribution in [2.45, 2.75) is 232 Å². The number of hydrogen-bond acceptors (Lipinski definition) is 0. The zero-order chi connectivity index (χ0) is 33.3. The monoisotopic (exact) mass is 650 g/mol. The van der Waals surface area contributed by atoms with Crippen LogP contribution in [0.1, 0.15) is 225 Å². The first kappa shape index (κ1) is 41.6. The molecule has 0 aliphatic carbocycles. The molecule has 1 aromatic heterocycles. The molecule has 0 aliphatic heterocycles. The molecule has 2 heteroatoms. The molecule has 0 fully saturated rings. The van der Waals surface area contributed by atoms with Crippen LogP contribution in [0.3, 0.4) is 0 Å². The molecule has 47 heavy (non-hydrogen) atoms. The fourth-order valence-electron chi connectivity index (χ4n) is 7.41. The van der Waals surface area contributed by atoms with Crippen molar-refractivity contribution in [3.63, 3.8) is 0 Å². The van der Waals surface area contributed by atoms with Crippen LogP contribution in [-0.2, 0) is 13.0 Å².